The molecule has 0 spiro atoms. The molecule has 2 N–H and O–H groups in total. The first-order chi connectivity index (χ1) is 18.2. The number of halogens is 2. The summed E-state index contributed by atoms with van der Waals surface area (Å²) >= 11 is 12.5. The number of para-hydroxylation sites is 1. The van der Waals surface area contributed by atoms with Gasteiger partial charge in [0.05, 0.1) is 26.7 Å². The van der Waals surface area contributed by atoms with E-state index in [9.17, 15) is 13.2 Å². The second kappa shape index (κ2) is 10.5. The Labute approximate surface area is 230 Å². The van der Waals surface area contributed by atoms with E-state index in [2.05, 4.69) is 15.0 Å². The molecule has 4 aromatic carbocycles. The number of nitrogens with zero attached hydrogens (tertiary/aromatic N) is 1. The van der Waals surface area contributed by atoms with Gasteiger partial charge in [-0.1, -0.05) is 59.1 Å². The van der Waals surface area contributed by atoms with E-state index in [1.54, 1.807) is 72.8 Å². The summed E-state index contributed by atoms with van der Waals surface area (Å²) in [6.45, 7) is 1.89. The van der Waals surface area contributed by atoms with E-state index in [0.29, 0.717) is 49.1 Å². The molecule has 0 saturated heterocycles. The molecule has 190 valence electrons. The molecule has 5 aromatic rings. The molecule has 0 atom stereocenters. The van der Waals surface area contributed by atoms with Gasteiger partial charge in [-0.05, 0) is 73.7 Å². The smallest absolute Gasteiger partial charge is 0.261 e. The van der Waals surface area contributed by atoms with E-state index >= 15 is 0 Å². The van der Waals surface area contributed by atoms with Gasteiger partial charge < -0.3 is 5.32 Å². The molecule has 1 amide bonds. The second-order valence-electron chi connectivity index (χ2n) is 8.65. The maximum absolute atomic E-state index is 13.4. The van der Waals surface area contributed by atoms with Gasteiger partial charge in [-0.25, -0.2) is 13.4 Å². The van der Waals surface area contributed by atoms with Crippen LogP contribution in [0, 0.1) is 6.92 Å². The molecular weight excluding hydrogens is 541 g/mol. The van der Waals surface area contributed by atoms with Crippen LogP contribution in [-0.4, -0.2) is 19.3 Å². The first kappa shape index (κ1) is 25.7. The Balaban J connectivity index is 1.40. The van der Waals surface area contributed by atoms with E-state index in [1.165, 1.54) is 0 Å². The number of carbonyl (C=O) groups excluding carboxylic acids is 1. The number of aromatic nitrogens is 1. The van der Waals surface area contributed by atoms with Crippen LogP contribution in [0.5, 0.6) is 0 Å². The predicted octanol–water partition coefficient (Wildman–Crippen LogP) is 7.57. The zero-order chi connectivity index (χ0) is 26.9. The van der Waals surface area contributed by atoms with Crippen molar-refractivity contribution in [1.82, 2.24) is 4.98 Å². The van der Waals surface area contributed by atoms with Gasteiger partial charge in [0.2, 0.25) is 0 Å². The van der Waals surface area contributed by atoms with Gasteiger partial charge in [0.25, 0.3) is 15.9 Å². The van der Waals surface area contributed by atoms with Crippen LogP contribution in [0.4, 0.5) is 11.4 Å². The number of rotatable bonds is 6. The molecule has 0 aliphatic rings. The lowest BCUT2D eigenvalue weighted by Crippen LogP contribution is -2.14. The number of hydrogen-bond acceptors (Lipinski definition) is 4. The average Bonchev–Trinajstić information content (AvgIpc) is 2.89. The number of fused-ring (bicyclic) bond motifs is 1. The van der Waals surface area contributed by atoms with Crippen molar-refractivity contribution in [2.75, 3.05) is 10.0 Å². The van der Waals surface area contributed by atoms with Crippen molar-refractivity contribution >= 4 is 61.4 Å². The summed E-state index contributed by atoms with van der Waals surface area (Å²) in [5.41, 5.74) is 4.09. The van der Waals surface area contributed by atoms with Crippen LogP contribution in [0.15, 0.2) is 102 Å². The molecule has 0 saturated carbocycles. The highest BCUT2D eigenvalue weighted by atomic mass is 35.5. The molecule has 0 aliphatic carbocycles. The minimum Gasteiger partial charge on any atom is -0.322 e. The summed E-state index contributed by atoms with van der Waals surface area (Å²) in [5.74, 6) is -0.345. The Morgan fingerprint density at radius 1 is 0.816 bits per heavy atom. The molecule has 9 heteroatoms. The van der Waals surface area contributed by atoms with Crippen molar-refractivity contribution in [3.05, 3.63) is 118 Å². The Morgan fingerprint density at radius 3 is 2.21 bits per heavy atom. The van der Waals surface area contributed by atoms with Crippen LogP contribution < -0.4 is 10.0 Å². The summed E-state index contributed by atoms with van der Waals surface area (Å²) in [5, 5.41) is 4.49. The Kier molecular flexibility index (Phi) is 7.08. The number of carbonyl (C=O) groups is 1. The summed E-state index contributed by atoms with van der Waals surface area (Å²) in [4.78, 5) is 18.2. The molecule has 0 radical (unpaired) electrons. The van der Waals surface area contributed by atoms with Crippen LogP contribution in [0.1, 0.15) is 15.9 Å². The van der Waals surface area contributed by atoms with E-state index in [4.69, 9.17) is 23.2 Å². The molecule has 0 aliphatic heterocycles. The molecule has 1 aromatic heterocycles. The number of nitrogens with one attached hydrogen (secondary N) is 2. The van der Waals surface area contributed by atoms with E-state index in [1.807, 2.05) is 31.2 Å². The van der Waals surface area contributed by atoms with Crippen molar-refractivity contribution in [2.45, 2.75) is 11.8 Å². The fourth-order valence-electron chi connectivity index (χ4n) is 3.95. The third-order valence-corrected chi connectivity index (χ3v) is 7.84. The number of anilines is 2. The normalized spacial score (nSPS) is 11.3. The van der Waals surface area contributed by atoms with Crippen LogP contribution >= 0.6 is 23.2 Å². The maximum Gasteiger partial charge on any atom is 0.261 e. The van der Waals surface area contributed by atoms with Crippen LogP contribution in [-0.2, 0) is 10.0 Å². The van der Waals surface area contributed by atoms with Gasteiger partial charge in [0.1, 0.15) is 0 Å². The van der Waals surface area contributed by atoms with Gasteiger partial charge in [-0.15, -0.1) is 0 Å². The molecular formula is C29H21Cl2N3O3S. The summed E-state index contributed by atoms with van der Waals surface area (Å²) < 4.78 is 27.9. The van der Waals surface area contributed by atoms with Gasteiger partial charge in [-0.3, -0.25) is 9.52 Å². The maximum atomic E-state index is 13.4. The SMILES string of the molecule is Cc1ccc(S(=O)(=O)Nc2ccc(NC(=O)c3cc(-c4ccc(Cl)cc4Cl)nc4ccccc34)cc2)cc1. The molecule has 5 rings (SSSR count). The summed E-state index contributed by atoms with van der Waals surface area (Å²) in [7, 11) is -3.73. The number of amides is 1. The fraction of sp³-hybridized carbons (Fsp3) is 0.0345. The van der Waals surface area contributed by atoms with Gasteiger partial charge in [0.15, 0.2) is 0 Å². The topological polar surface area (TPSA) is 88.2 Å². The quantitative estimate of drug-likeness (QED) is 0.224. The third-order valence-electron chi connectivity index (χ3n) is 5.89. The Hall–Kier alpha value is -3.91. The summed E-state index contributed by atoms with van der Waals surface area (Å²) in [6.07, 6.45) is 0. The molecule has 1 heterocycles. The van der Waals surface area contributed by atoms with Gasteiger partial charge in [0, 0.05) is 27.3 Å². The zero-order valence-electron chi connectivity index (χ0n) is 20.1. The van der Waals surface area contributed by atoms with Crippen LogP contribution in [0.25, 0.3) is 22.2 Å². The van der Waals surface area contributed by atoms with Crippen molar-refractivity contribution in [2.24, 2.45) is 0 Å². The van der Waals surface area contributed by atoms with Crippen molar-refractivity contribution in [1.29, 1.82) is 0 Å². The monoisotopic (exact) mass is 561 g/mol. The van der Waals surface area contributed by atoms with Crippen LogP contribution in [0.2, 0.25) is 10.0 Å². The minimum absolute atomic E-state index is 0.168. The number of pyridine rings is 1. The lowest BCUT2D eigenvalue weighted by atomic mass is 10.0. The van der Waals surface area contributed by atoms with E-state index < -0.39 is 10.0 Å². The molecule has 0 fully saturated rings. The highest BCUT2D eigenvalue weighted by Gasteiger charge is 2.17. The minimum atomic E-state index is -3.73. The Morgan fingerprint density at radius 2 is 1.50 bits per heavy atom. The number of sulfonamides is 1. The zero-order valence-corrected chi connectivity index (χ0v) is 22.4. The third kappa shape index (κ3) is 5.50. The highest BCUT2D eigenvalue weighted by Crippen LogP contribution is 2.32. The number of hydrogen-bond donors (Lipinski definition) is 2. The lowest BCUT2D eigenvalue weighted by molar-refractivity contribution is 0.102. The number of aryl methyl sites for hydroxylation is 1. The largest absolute Gasteiger partial charge is 0.322 e. The van der Waals surface area contributed by atoms with Crippen molar-refractivity contribution in [3.8, 4) is 11.3 Å². The van der Waals surface area contributed by atoms with Crippen molar-refractivity contribution in [3.63, 3.8) is 0 Å². The number of benzene rings is 4. The molecule has 38 heavy (non-hydrogen) atoms. The molecule has 0 unspecified atom stereocenters. The van der Waals surface area contributed by atoms with Crippen LogP contribution in [0.3, 0.4) is 0 Å². The molecule has 6 nitrogen and oxygen atoms in total. The lowest BCUT2D eigenvalue weighted by Gasteiger charge is -2.12. The fourth-order valence-corrected chi connectivity index (χ4v) is 5.51. The van der Waals surface area contributed by atoms with Crippen molar-refractivity contribution < 1.29 is 13.2 Å². The van der Waals surface area contributed by atoms with E-state index in [0.717, 1.165) is 5.56 Å². The second-order valence-corrected chi connectivity index (χ2v) is 11.2. The van der Waals surface area contributed by atoms with E-state index in [-0.39, 0.29) is 10.8 Å². The predicted molar refractivity (Wildman–Crippen MR) is 154 cm³/mol. The van der Waals surface area contributed by atoms with Gasteiger partial charge in [-0.2, -0.15) is 0 Å². The first-order valence-electron chi connectivity index (χ1n) is 11.6. The molecule has 0 bridgehead atoms. The highest BCUT2D eigenvalue weighted by molar-refractivity contribution is 7.92. The summed E-state index contributed by atoms with van der Waals surface area (Å²) in [6, 6.07) is 27.2. The average molecular weight is 562 g/mol. The standard InChI is InChI=1S/C29H21Cl2N3O3S/c1-18-6-13-22(14-7-18)38(36,37)34-21-11-9-20(10-12-21)32-29(35)25-17-28(24-15-8-19(30)16-26(24)31)33-27-5-3-2-4-23(25)27/h2-17,34H,1H3,(H,32,35). The Bertz CT molecular complexity index is 1770. The first-order valence-corrected chi connectivity index (χ1v) is 13.8. The van der Waals surface area contributed by atoms with Gasteiger partial charge >= 0.3 is 0 Å².